The third kappa shape index (κ3) is 3.72. The molecule has 2 aromatic carbocycles. The summed E-state index contributed by atoms with van der Waals surface area (Å²) in [4.78, 5) is 14.7. The van der Waals surface area contributed by atoms with Crippen molar-refractivity contribution < 1.29 is 4.79 Å². The summed E-state index contributed by atoms with van der Waals surface area (Å²) in [5, 5.41) is 0. The summed E-state index contributed by atoms with van der Waals surface area (Å²) in [5.74, 6) is 0.241. The Morgan fingerprint density at radius 1 is 1.00 bits per heavy atom. The lowest BCUT2D eigenvalue weighted by molar-refractivity contribution is -0.131. The van der Waals surface area contributed by atoms with Crippen LogP contribution in [0.3, 0.4) is 0 Å². The molecule has 0 aromatic heterocycles. The third-order valence-electron chi connectivity index (χ3n) is 3.98. The van der Waals surface area contributed by atoms with Gasteiger partial charge in [-0.3, -0.25) is 4.79 Å². The molecule has 2 aromatic rings. The van der Waals surface area contributed by atoms with Crippen LogP contribution in [0.15, 0.2) is 54.6 Å². The molecular weight excluding hydrogens is 258 g/mol. The van der Waals surface area contributed by atoms with Gasteiger partial charge in [0.25, 0.3) is 0 Å². The molecule has 1 aliphatic carbocycles. The van der Waals surface area contributed by atoms with Gasteiger partial charge in [-0.25, -0.2) is 0 Å². The van der Waals surface area contributed by atoms with Crippen molar-refractivity contribution in [3.8, 4) is 0 Å². The number of nitrogens with zero attached hydrogens (tertiary/aromatic N) is 1. The van der Waals surface area contributed by atoms with Crippen LogP contribution >= 0.6 is 0 Å². The van der Waals surface area contributed by atoms with Gasteiger partial charge in [-0.1, -0.05) is 60.2 Å². The number of rotatable bonds is 5. The number of hydrogen-bond acceptors (Lipinski definition) is 1. The molecule has 1 fully saturated rings. The van der Waals surface area contributed by atoms with E-state index >= 15 is 0 Å². The molecule has 0 atom stereocenters. The maximum Gasteiger partial charge on any atom is 0.227 e. The first kappa shape index (κ1) is 13.9. The molecule has 1 saturated carbocycles. The number of aryl methyl sites for hydroxylation is 1. The Kier molecular flexibility index (Phi) is 4.05. The number of carbonyl (C=O) groups is 1. The van der Waals surface area contributed by atoms with E-state index in [9.17, 15) is 4.79 Å². The fourth-order valence-corrected chi connectivity index (χ4v) is 2.57. The summed E-state index contributed by atoms with van der Waals surface area (Å²) < 4.78 is 0. The lowest BCUT2D eigenvalue weighted by Gasteiger charge is -2.22. The van der Waals surface area contributed by atoms with Crippen molar-refractivity contribution in [3.63, 3.8) is 0 Å². The zero-order valence-electron chi connectivity index (χ0n) is 12.5. The Bertz CT molecular complexity index is 599. The average molecular weight is 279 g/mol. The van der Waals surface area contributed by atoms with Gasteiger partial charge < -0.3 is 4.90 Å². The van der Waals surface area contributed by atoms with Gasteiger partial charge in [0.2, 0.25) is 5.91 Å². The Hall–Kier alpha value is -2.09. The van der Waals surface area contributed by atoms with E-state index in [0.717, 1.165) is 24.9 Å². The number of hydrogen-bond donors (Lipinski definition) is 0. The van der Waals surface area contributed by atoms with Gasteiger partial charge in [0.1, 0.15) is 0 Å². The second-order valence-corrected chi connectivity index (χ2v) is 5.90. The van der Waals surface area contributed by atoms with Crippen LogP contribution < -0.4 is 0 Å². The van der Waals surface area contributed by atoms with E-state index in [0.29, 0.717) is 12.5 Å². The molecule has 2 heteroatoms. The lowest BCUT2D eigenvalue weighted by Crippen LogP contribution is -2.33. The first-order valence-electron chi connectivity index (χ1n) is 7.61. The van der Waals surface area contributed by atoms with Crippen molar-refractivity contribution in [2.75, 3.05) is 0 Å². The van der Waals surface area contributed by atoms with E-state index in [4.69, 9.17) is 0 Å². The molecule has 1 aliphatic rings. The molecule has 0 saturated heterocycles. The van der Waals surface area contributed by atoms with E-state index < -0.39 is 0 Å². The highest BCUT2D eigenvalue weighted by molar-refractivity contribution is 5.79. The first-order valence-corrected chi connectivity index (χ1v) is 7.61. The van der Waals surface area contributed by atoms with Crippen molar-refractivity contribution in [3.05, 3.63) is 71.3 Å². The number of amides is 1. The largest absolute Gasteiger partial charge is 0.335 e. The smallest absolute Gasteiger partial charge is 0.227 e. The van der Waals surface area contributed by atoms with Gasteiger partial charge in [-0.2, -0.15) is 0 Å². The van der Waals surface area contributed by atoms with Crippen LogP contribution in [0.5, 0.6) is 0 Å². The zero-order chi connectivity index (χ0) is 14.7. The van der Waals surface area contributed by atoms with E-state index in [2.05, 4.69) is 48.2 Å². The van der Waals surface area contributed by atoms with Crippen molar-refractivity contribution >= 4 is 5.91 Å². The summed E-state index contributed by atoms with van der Waals surface area (Å²) in [5.41, 5.74) is 3.54. The monoisotopic (exact) mass is 279 g/mol. The van der Waals surface area contributed by atoms with Gasteiger partial charge in [-0.15, -0.1) is 0 Å². The van der Waals surface area contributed by atoms with Crippen LogP contribution in [-0.2, 0) is 17.8 Å². The van der Waals surface area contributed by atoms with E-state index in [-0.39, 0.29) is 5.91 Å². The molecule has 3 rings (SSSR count). The molecule has 0 radical (unpaired) electrons. The molecule has 21 heavy (non-hydrogen) atoms. The molecule has 0 heterocycles. The van der Waals surface area contributed by atoms with Crippen LogP contribution in [0.25, 0.3) is 0 Å². The van der Waals surface area contributed by atoms with Crippen LogP contribution in [0.2, 0.25) is 0 Å². The predicted molar refractivity (Wildman–Crippen MR) is 84.9 cm³/mol. The van der Waals surface area contributed by atoms with E-state index in [1.165, 1.54) is 11.1 Å². The van der Waals surface area contributed by atoms with E-state index in [1.54, 1.807) is 0 Å². The Morgan fingerprint density at radius 2 is 1.67 bits per heavy atom. The quantitative estimate of drug-likeness (QED) is 0.816. The normalized spacial score (nSPS) is 14.0. The Labute approximate surface area is 126 Å². The SMILES string of the molecule is Cc1ccc(CC(=O)N(Cc2ccccc2)C2CC2)cc1. The molecule has 0 aliphatic heterocycles. The Morgan fingerprint density at radius 3 is 2.29 bits per heavy atom. The highest BCUT2D eigenvalue weighted by Crippen LogP contribution is 2.29. The lowest BCUT2D eigenvalue weighted by atomic mass is 10.1. The zero-order valence-corrected chi connectivity index (χ0v) is 12.5. The predicted octanol–water partition coefficient (Wildman–Crippen LogP) is 3.73. The molecule has 0 unspecified atom stereocenters. The molecule has 0 bridgehead atoms. The Balaban J connectivity index is 1.69. The van der Waals surface area contributed by atoms with Crippen LogP contribution in [0, 0.1) is 6.92 Å². The van der Waals surface area contributed by atoms with Crippen molar-refractivity contribution in [2.45, 2.75) is 38.8 Å². The summed E-state index contributed by atoms with van der Waals surface area (Å²) in [7, 11) is 0. The minimum absolute atomic E-state index is 0.241. The highest BCUT2D eigenvalue weighted by atomic mass is 16.2. The summed E-state index contributed by atoms with van der Waals surface area (Å²) in [6.45, 7) is 2.80. The third-order valence-corrected chi connectivity index (χ3v) is 3.98. The molecule has 1 amide bonds. The standard InChI is InChI=1S/C19H21NO/c1-15-7-9-16(10-8-15)13-19(21)20(18-11-12-18)14-17-5-3-2-4-6-17/h2-10,18H,11-14H2,1H3. The van der Waals surface area contributed by atoms with Gasteiger partial charge in [0.05, 0.1) is 6.42 Å². The molecule has 0 spiro atoms. The van der Waals surface area contributed by atoms with E-state index in [1.807, 2.05) is 18.2 Å². The van der Waals surface area contributed by atoms with Crippen molar-refractivity contribution in [1.29, 1.82) is 0 Å². The maximum atomic E-state index is 12.6. The van der Waals surface area contributed by atoms with Gasteiger partial charge >= 0.3 is 0 Å². The van der Waals surface area contributed by atoms with Crippen LogP contribution in [-0.4, -0.2) is 16.8 Å². The van der Waals surface area contributed by atoms with Gasteiger partial charge in [0, 0.05) is 12.6 Å². The second kappa shape index (κ2) is 6.13. The molecule has 108 valence electrons. The maximum absolute atomic E-state index is 12.6. The topological polar surface area (TPSA) is 20.3 Å². The fraction of sp³-hybridized carbons (Fsp3) is 0.316. The highest BCUT2D eigenvalue weighted by Gasteiger charge is 2.32. The fourth-order valence-electron chi connectivity index (χ4n) is 2.57. The van der Waals surface area contributed by atoms with Crippen molar-refractivity contribution in [2.24, 2.45) is 0 Å². The summed E-state index contributed by atoms with van der Waals surface area (Å²) in [6, 6.07) is 19.0. The van der Waals surface area contributed by atoms with Gasteiger partial charge in [0.15, 0.2) is 0 Å². The summed E-state index contributed by atoms with van der Waals surface area (Å²) >= 11 is 0. The minimum atomic E-state index is 0.241. The minimum Gasteiger partial charge on any atom is -0.335 e. The van der Waals surface area contributed by atoms with Crippen molar-refractivity contribution in [1.82, 2.24) is 4.90 Å². The number of carbonyl (C=O) groups excluding carboxylic acids is 1. The molecule has 2 nitrogen and oxygen atoms in total. The summed E-state index contributed by atoms with van der Waals surface area (Å²) in [6.07, 6.45) is 2.79. The van der Waals surface area contributed by atoms with Crippen LogP contribution in [0.4, 0.5) is 0 Å². The van der Waals surface area contributed by atoms with Crippen LogP contribution in [0.1, 0.15) is 29.5 Å². The second-order valence-electron chi connectivity index (χ2n) is 5.90. The molecule has 0 N–H and O–H groups in total. The number of benzene rings is 2. The first-order chi connectivity index (χ1) is 10.2. The van der Waals surface area contributed by atoms with Gasteiger partial charge in [-0.05, 0) is 30.9 Å². The molecular formula is C19H21NO. The average Bonchev–Trinajstić information content (AvgIpc) is 3.33.